The smallest absolute Gasteiger partial charge is 0.194 e. The lowest BCUT2D eigenvalue weighted by Gasteiger charge is -2.35. The van der Waals surface area contributed by atoms with Crippen molar-refractivity contribution in [3.05, 3.63) is 18.0 Å². The van der Waals surface area contributed by atoms with Gasteiger partial charge in [-0.25, -0.2) is 0 Å². The number of aryl methyl sites for hydroxylation is 1. The van der Waals surface area contributed by atoms with E-state index in [1.807, 2.05) is 24.1 Å². The number of ether oxygens (including phenoxy) is 1. The van der Waals surface area contributed by atoms with Gasteiger partial charge >= 0.3 is 0 Å². The SMILES string of the molecule is CCN=C(NC1CC1C)N1CCOC(c2cnn(C)c2)C1. The molecule has 6 nitrogen and oxygen atoms in total. The quantitative estimate of drug-likeness (QED) is 0.671. The Labute approximate surface area is 126 Å². The van der Waals surface area contributed by atoms with Crippen molar-refractivity contribution < 1.29 is 4.74 Å². The molecule has 6 heteroatoms. The molecule has 0 radical (unpaired) electrons. The highest BCUT2D eigenvalue weighted by atomic mass is 16.5. The van der Waals surface area contributed by atoms with Gasteiger partial charge < -0.3 is 15.0 Å². The van der Waals surface area contributed by atoms with E-state index in [4.69, 9.17) is 4.74 Å². The number of nitrogens with zero attached hydrogens (tertiary/aromatic N) is 4. The zero-order valence-corrected chi connectivity index (χ0v) is 13.1. The van der Waals surface area contributed by atoms with Crippen LogP contribution in [0.15, 0.2) is 17.4 Å². The second-order valence-corrected chi connectivity index (χ2v) is 6.01. The Morgan fingerprint density at radius 3 is 3.00 bits per heavy atom. The monoisotopic (exact) mass is 291 g/mol. The molecule has 2 fully saturated rings. The third-order valence-corrected chi connectivity index (χ3v) is 4.19. The molecule has 1 saturated heterocycles. The van der Waals surface area contributed by atoms with Crippen molar-refractivity contribution in [3.8, 4) is 0 Å². The van der Waals surface area contributed by atoms with Crippen molar-refractivity contribution >= 4 is 5.96 Å². The van der Waals surface area contributed by atoms with Gasteiger partial charge in [0, 0.05) is 37.9 Å². The molecule has 1 N–H and O–H groups in total. The summed E-state index contributed by atoms with van der Waals surface area (Å²) < 4.78 is 7.72. The summed E-state index contributed by atoms with van der Waals surface area (Å²) in [5.74, 6) is 1.80. The van der Waals surface area contributed by atoms with Gasteiger partial charge in [-0.2, -0.15) is 5.10 Å². The summed E-state index contributed by atoms with van der Waals surface area (Å²) in [6, 6.07) is 0.593. The predicted molar refractivity (Wildman–Crippen MR) is 82.2 cm³/mol. The molecule has 1 aromatic rings. The molecule has 1 aliphatic heterocycles. The van der Waals surface area contributed by atoms with Gasteiger partial charge in [0.05, 0.1) is 19.3 Å². The summed E-state index contributed by atoms with van der Waals surface area (Å²) >= 11 is 0. The van der Waals surface area contributed by atoms with Crippen LogP contribution < -0.4 is 5.32 Å². The minimum absolute atomic E-state index is 0.0768. The molecule has 0 spiro atoms. The van der Waals surface area contributed by atoms with E-state index in [1.54, 1.807) is 0 Å². The maximum atomic E-state index is 5.90. The standard InChI is InChI=1S/C15H25N5O/c1-4-16-15(18-13-7-11(13)2)20-5-6-21-14(10-20)12-8-17-19(3)9-12/h8-9,11,13-14H,4-7,10H2,1-3H3,(H,16,18). The van der Waals surface area contributed by atoms with Gasteiger partial charge in [0.25, 0.3) is 0 Å². The summed E-state index contributed by atoms with van der Waals surface area (Å²) in [4.78, 5) is 6.97. The molecule has 3 rings (SSSR count). The highest BCUT2D eigenvalue weighted by Gasteiger charge is 2.35. The van der Waals surface area contributed by atoms with Crippen molar-refractivity contribution in [1.82, 2.24) is 20.0 Å². The highest BCUT2D eigenvalue weighted by molar-refractivity contribution is 5.80. The van der Waals surface area contributed by atoms with E-state index >= 15 is 0 Å². The highest BCUT2D eigenvalue weighted by Crippen LogP contribution is 2.29. The van der Waals surface area contributed by atoms with Gasteiger partial charge in [0.2, 0.25) is 0 Å². The van der Waals surface area contributed by atoms with Crippen molar-refractivity contribution in [2.24, 2.45) is 18.0 Å². The summed E-state index contributed by atoms with van der Waals surface area (Å²) in [7, 11) is 1.93. The van der Waals surface area contributed by atoms with E-state index < -0.39 is 0 Å². The number of nitrogens with one attached hydrogen (secondary N) is 1. The lowest BCUT2D eigenvalue weighted by Crippen LogP contribution is -2.49. The fourth-order valence-electron chi connectivity index (χ4n) is 2.73. The van der Waals surface area contributed by atoms with Crippen LogP contribution in [0, 0.1) is 5.92 Å². The van der Waals surface area contributed by atoms with Gasteiger partial charge in [-0.1, -0.05) is 6.92 Å². The first-order chi connectivity index (χ1) is 10.2. The van der Waals surface area contributed by atoms with Crippen LogP contribution in [0.5, 0.6) is 0 Å². The van der Waals surface area contributed by atoms with E-state index in [0.29, 0.717) is 6.04 Å². The molecular weight excluding hydrogens is 266 g/mol. The second-order valence-electron chi connectivity index (χ2n) is 6.01. The predicted octanol–water partition coefficient (Wildman–Crippen LogP) is 1.17. The lowest BCUT2D eigenvalue weighted by molar-refractivity contribution is -0.00811. The average Bonchev–Trinajstić information content (AvgIpc) is 2.99. The van der Waals surface area contributed by atoms with Crippen LogP contribution in [0.25, 0.3) is 0 Å². The first-order valence-corrected chi connectivity index (χ1v) is 7.83. The maximum absolute atomic E-state index is 5.90. The van der Waals surface area contributed by atoms with Crippen molar-refractivity contribution in [1.29, 1.82) is 0 Å². The van der Waals surface area contributed by atoms with Crippen molar-refractivity contribution in [2.45, 2.75) is 32.4 Å². The van der Waals surface area contributed by atoms with Gasteiger partial charge in [0.1, 0.15) is 6.10 Å². The minimum Gasteiger partial charge on any atom is -0.370 e. The zero-order valence-electron chi connectivity index (χ0n) is 13.1. The number of guanidine groups is 1. The van der Waals surface area contributed by atoms with E-state index in [-0.39, 0.29) is 6.10 Å². The summed E-state index contributed by atoms with van der Waals surface area (Å²) in [6.45, 7) is 7.61. The van der Waals surface area contributed by atoms with Gasteiger partial charge in [0.15, 0.2) is 5.96 Å². The summed E-state index contributed by atoms with van der Waals surface area (Å²) in [5, 5.41) is 7.83. The molecule has 1 aromatic heterocycles. The molecule has 1 saturated carbocycles. The number of hydrogen-bond donors (Lipinski definition) is 1. The van der Waals surface area contributed by atoms with E-state index in [9.17, 15) is 0 Å². The minimum atomic E-state index is 0.0768. The molecular formula is C15H25N5O. The second kappa shape index (κ2) is 6.05. The number of aliphatic imine (C=N–C) groups is 1. The Kier molecular flexibility index (Phi) is 4.14. The molecule has 2 aliphatic rings. The van der Waals surface area contributed by atoms with Gasteiger partial charge in [-0.05, 0) is 19.3 Å². The van der Waals surface area contributed by atoms with E-state index in [1.165, 1.54) is 6.42 Å². The van der Waals surface area contributed by atoms with Crippen LogP contribution in [0.3, 0.4) is 0 Å². The third kappa shape index (κ3) is 3.37. The fourth-order valence-corrected chi connectivity index (χ4v) is 2.73. The van der Waals surface area contributed by atoms with Crippen LogP contribution in [-0.4, -0.2) is 52.9 Å². The molecule has 1 aliphatic carbocycles. The molecule has 0 aromatic carbocycles. The fraction of sp³-hybridized carbons (Fsp3) is 0.733. The Morgan fingerprint density at radius 2 is 2.38 bits per heavy atom. The normalized spacial score (nSPS) is 29.6. The maximum Gasteiger partial charge on any atom is 0.194 e. The van der Waals surface area contributed by atoms with E-state index in [0.717, 1.165) is 43.7 Å². The molecule has 2 heterocycles. The molecule has 116 valence electrons. The number of morpholine rings is 1. The Morgan fingerprint density at radius 1 is 1.57 bits per heavy atom. The first kappa shape index (κ1) is 14.4. The van der Waals surface area contributed by atoms with Crippen LogP contribution in [0.2, 0.25) is 0 Å². The van der Waals surface area contributed by atoms with Crippen LogP contribution in [0.4, 0.5) is 0 Å². The molecule has 3 atom stereocenters. The number of aromatic nitrogens is 2. The molecule has 0 amide bonds. The Hall–Kier alpha value is -1.56. The van der Waals surface area contributed by atoms with Gasteiger partial charge in [-0.3, -0.25) is 9.67 Å². The topological polar surface area (TPSA) is 54.7 Å². The Bertz CT molecular complexity index is 512. The first-order valence-electron chi connectivity index (χ1n) is 7.83. The zero-order chi connectivity index (χ0) is 14.8. The largest absolute Gasteiger partial charge is 0.370 e. The Balaban J connectivity index is 1.67. The molecule has 3 unspecified atom stereocenters. The molecule has 0 bridgehead atoms. The molecule has 21 heavy (non-hydrogen) atoms. The van der Waals surface area contributed by atoms with Crippen LogP contribution in [-0.2, 0) is 11.8 Å². The van der Waals surface area contributed by atoms with Crippen molar-refractivity contribution in [2.75, 3.05) is 26.2 Å². The average molecular weight is 291 g/mol. The van der Waals surface area contributed by atoms with Crippen LogP contribution >= 0.6 is 0 Å². The summed E-state index contributed by atoms with van der Waals surface area (Å²) in [6.07, 6.45) is 5.24. The number of hydrogen-bond acceptors (Lipinski definition) is 3. The van der Waals surface area contributed by atoms with Crippen molar-refractivity contribution in [3.63, 3.8) is 0 Å². The van der Waals surface area contributed by atoms with E-state index in [2.05, 4.69) is 34.2 Å². The van der Waals surface area contributed by atoms with Gasteiger partial charge in [-0.15, -0.1) is 0 Å². The third-order valence-electron chi connectivity index (χ3n) is 4.19. The number of rotatable bonds is 3. The van der Waals surface area contributed by atoms with Crippen LogP contribution in [0.1, 0.15) is 31.9 Å². The summed E-state index contributed by atoms with van der Waals surface area (Å²) in [5.41, 5.74) is 1.14. The lowest BCUT2D eigenvalue weighted by atomic mass is 10.1.